The molecule has 10 heteroatoms. The van der Waals surface area contributed by atoms with E-state index in [4.69, 9.17) is 26.6 Å². The molecule has 0 radical (unpaired) electrons. The van der Waals surface area contributed by atoms with Gasteiger partial charge in [0.25, 0.3) is 5.91 Å². The van der Waals surface area contributed by atoms with Crippen molar-refractivity contribution in [1.29, 1.82) is 5.26 Å². The Bertz CT molecular complexity index is 1510. The summed E-state index contributed by atoms with van der Waals surface area (Å²) in [6, 6.07) is 13.3. The number of methoxy groups -OCH3 is 1. The van der Waals surface area contributed by atoms with Gasteiger partial charge < -0.3 is 4.74 Å². The summed E-state index contributed by atoms with van der Waals surface area (Å²) in [5.41, 5.74) is 5.30. The summed E-state index contributed by atoms with van der Waals surface area (Å²) < 4.78 is 5.46. The number of anilines is 1. The number of pyridine rings is 2. The third kappa shape index (κ3) is 5.47. The number of fused-ring (bicyclic) bond motifs is 1. The first-order valence-corrected chi connectivity index (χ1v) is 12.8. The van der Waals surface area contributed by atoms with Gasteiger partial charge in [-0.2, -0.15) is 5.26 Å². The van der Waals surface area contributed by atoms with E-state index in [9.17, 15) is 4.79 Å². The van der Waals surface area contributed by atoms with Crippen molar-refractivity contribution in [3.63, 3.8) is 0 Å². The maximum absolute atomic E-state index is 13.4. The van der Waals surface area contributed by atoms with Crippen LogP contribution in [-0.2, 0) is 19.5 Å². The minimum Gasteiger partial charge on any atom is -0.494 e. The zero-order valence-electron chi connectivity index (χ0n) is 20.3. The van der Waals surface area contributed by atoms with Crippen LogP contribution in [0, 0.1) is 18.3 Å². The molecule has 0 saturated heterocycles. The molecule has 1 aromatic carbocycles. The number of ether oxygens (including phenoxy) is 1. The smallest absolute Gasteiger partial charge is 0.259 e. The highest BCUT2D eigenvalue weighted by atomic mass is 35.5. The molecule has 0 atom stereocenters. The minimum absolute atomic E-state index is 0.301. The molecule has 37 heavy (non-hydrogen) atoms. The lowest BCUT2D eigenvalue weighted by Crippen LogP contribution is -2.29. The van der Waals surface area contributed by atoms with Gasteiger partial charge in [0, 0.05) is 53.9 Å². The van der Waals surface area contributed by atoms with Gasteiger partial charge in [-0.3, -0.25) is 20.0 Å². The second-order valence-corrected chi connectivity index (χ2v) is 10.2. The number of nitriles is 1. The Labute approximate surface area is 223 Å². The Morgan fingerprint density at radius 2 is 2.03 bits per heavy atom. The van der Waals surface area contributed by atoms with E-state index in [-0.39, 0.29) is 5.91 Å². The molecule has 0 bridgehead atoms. The Hall–Kier alpha value is -3.84. The lowest BCUT2D eigenvalue weighted by Gasteiger charge is -2.25. The number of aryl methyl sites for hydroxylation is 1. The highest BCUT2D eigenvalue weighted by Gasteiger charge is 2.23. The quantitative estimate of drug-likeness (QED) is 0.339. The second-order valence-electron chi connectivity index (χ2n) is 8.69. The molecule has 0 spiro atoms. The molecule has 8 nitrogen and oxygen atoms in total. The average molecular weight is 531 g/mol. The molecule has 4 aromatic rings. The number of benzene rings is 1. The number of aromatic nitrogens is 3. The highest BCUT2D eigenvalue weighted by molar-refractivity contribution is 7.15. The predicted molar refractivity (Wildman–Crippen MR) is 143 cm³/mol. The number of rotatable bonds is 6. The topological polar surface area (TPSA) is 104 Å². The van der Waals surface area contributed by atoms with Crippen LogP contribution in [0.25, 0.3) is 11.1 Å². The number of nitrogens with one attached hydrogen (secondary N) is 1. The molecule has 186 valence electrons. The van der Waals surface area contributed by atoms with Crippen LogP contribution in [-0.4, -0.2) is 39.4 Å². The average Bonchev–Trinajstić information content (AvgIpc) is 3.30. The van der Waals surface area contributed by atoms with Crippen molar-refractivity contribution in [2.45, 2.75) is 26.4 Å². The van der Waals surface area contributed by atoms with Gasteiger partial charge in [-0.1, -0.05) is 23.7 Å². The molecule has 1 aliphatic rings. The van der Waals surface area contributed by atoms with Crippen molar-refractivity contribution in [3.8, 4) is 22.9 Å². The van der Waals surface area contributed by atoms with Crippen LogP contribution in [0.3, 0.4) is 0 Å². The molecule has 3 aromatic heterocycles. The molecular weight excluding hydrogens is 508 g/mol. The van der Waals surface area contributed by atoms with E-state index in [0.29, 0.717) is 38.3 Å². The summed E-state index contributed by atoms with van der Waals surface area (Å²) in [6.45, 7) is 4.28. The standard InChI is InChI=1S/C27H23ClN6O2S/c1-16-9-19(20-10-25(28)31-13-23(20)36-2)21(12-30-16)26(35)33-27-32-22-7-8-34(15-24(22)37-27)14-18-5-3-17(11-29)4-6-18/h3-6,9-10,12-13H,7-8,14-15H2,1-2H3,(H,32,33,35). The Kier molecular flexibility index (Phi) is 7.15. The molecule has 1 N–H and O–H groups in total. The maximum atomic E-state index is 13.4. The number of hydrogen-bond acceptors (Lipinski definition) is 8. The van der Waals surface area contributed by atoms with Gasteiger partial charge in [-0.05, 0) is 36.8 Å². The van der Waals surface area contributed by atoms with Gasteiger partial charge in [0.15, 0.2) is 5.13 Å². The first-order chi connectivity index (χ1) is 17.9. The van der Waals surface area contributed by atoms with Crippen LogP contribution in [0.15, 0.2) is 48.8 Å². The number of amides is 1. The monoisotopic (exact) mass is 530 g/mol. The Balaban J connectivity index is 1.34. The molecule has 0 aliphatic carbocycles. The van der Waals surface area contributed by atoms with E-state index in [2.05, 4.69) is 26.3 Å². The summed E-state index contributed by atoms with van der Waals surface area (Å²) in [4.78, 5) is 30.0. The Morgan fingerprint density at radius 3 is 2.78 bits per heavy atom. The Morgan fingerprint density at radius 1 is 1.22 bits per heavy atom. The molecule has 1 aliphatic heterocycles. The van der Waals surface area contributed by atoms with Crippen molar-refractivity contribution in [2.24, 2.45) is 0 Å². The number of carbonyl (C=O) groups excluding carboxylic acids is 1. The lowest BCUT2D eigenvalue weighted by atomic mass is 10.0. The number of nitrogens with zero attached hydrogens (tertiary/aromatic N) is 5. The van der Waals surface area contributed by atoms with E-state index in [1.807, 2.05) is 37.3 Å². The van der Waals surface area contributed by atoms with Crippen LogP contribution in [0.4, 0.5) is 5.13 Å². The van der Waals surface area contributed by atoms with Gasteiger partial charge in [-0.15, -0.1) is 11.3 Å². The van der Waals surface area contributed by atoms with Crippen molar-refractivity contribution >= 4 is 34.0 Å². The number of halogens is 1. The van der Waals surface area contributed by atoms with Gasteiger partial charge in [0.1, 0.15) is 10.9 Å². The molecule has 4 heterocycles. The molecular formula is C27H23ClN6O2S. The van der Waals surface area contributed by atoms with E-state index in [1.54, 1.807) is 19.4 Å². The van der Waals surface area contributed by atoms with E-state index >= 15 is 0 Å². The van der Waals surface area contributed by atoms with E-state index in [0.717, 1.165) is 47.9 Å². The normalized spacial score (nSPS) is 13.0. The number of thiazole rings is 1. The number of carbonyl (C=O) groups is 1. The van der Waals surface area contributed by atoms with Crippen LogP contribution >= 0.6 is 22.9 Å². The van der Waals surface area contributed by atoms with Crippen molar-refractivity contribution < 1.29 is 9.53 Å². The van der Waals surface area contributed by atoms with Crippen LogP contribution in [0.2, 0.25) is 5.15 Å². The van der Waals surface area contributed by atoms with E-state index < -0.39 is 0 Å². The SMILES string of the molecule is COc1cnc(Cl)cc1-c1cc(C)ncc1C(=O)Nc1nc2c(s1)CN(Cc1ccc(C#N)cc1)CC2. The van der Waals surface area contributed by atoms with E-state index in [1.165, 1.54) is 17.5 Å². The third-order valence-corrected chi connectivity index (χ3v) is 7.35. The summed E-state index contributed by atoms with van der Waals surface area (Å²) in [7, 11) is 1.55. The first-order valence-electron chi connectivity index (χ1n) is 11.6. The van der Waals surface area contributed by atoms with Gasteiger partial charge in [-0.25, -0.2) is 9.97 Å². The minimum atomic E-state index is -0.307. The van der Waals surface area contributed by atoms with Crippen LogP contribution < -0.4 is 10.1 Å². The fourth-order valence-corrected chi connectivity index (χ4v) is 5.50. The summed E-state index contributed by atoms with van der Waals surface area (Å²) in [5, 5.41) is 12.8. The molecule has 0 unspecified atom stereocenters. The highest BCUT2D eigenvalue weighted by Crippen LogP contribution is 2.35. The van der Waals surface area contributed by atoms with Crippen molar-refractivity contribution in [2.75, 3.05) is 19.0 Å². The molecule has 1 amide bonds. The van der Waals surface area contributed by atoms with Gasteiger partial charge in [0.05, 0.1) is 36.2 Å². The van der Waals surface area contributed by atoms with Crippen LogP contribution in [0.5, 0.6) is 5.75 Å². The van der Waals surface area contributed by atoms with Crippen molar-refractivity contribution in [1.82, 2.24) is 19.9 Å². The summed E-state index contributed by atoms with van der Waals surface area (Å²) in [5.74, 6) is 0.203. The third-order valence-electron chi connectivity index (χ3n) is 6.15. The molecule has 0 fully saturated rings. The molecule has 5 rings (SSSR count). The zero-order chi connectivity index (χ0) is 25.9. The summed E-state index contributed by atoms with van der Waals surface area (Å²) >= 11 is 7.64. The largest absolute Gasteiger partial charge is 0.494 e. The lowest BCUT2D eigenvalue weighted by molar-refractivity contribution is 0.102. The van der Waals surface area contributed by atoms with Crippen LogP contribution in [0.1, 0.15) is 37.7 Å². The predicted octanol–water partition coefficient (Wildman–Crippen LogP) is 5.25. The first kappa shape index (κ1) is 24.8. The second kappa shape index (κ2) is 10.6. The number of hydrogen-bond donors (Lipinski definition) is 1. The fraction of sp³-hybridized carbons (Fsp3) is 0.222. The summed E-state index contributed by atoms with van der Waals surface area (Å²) in [6.07, 6.45) is 3.90. The maximum Gasteiger partial charge on any atom is 0.259 e. The fourth-order valence-electron chi connectivity index (χ4n) is 4.30. The van der Waals surface area contributed by atoms with Gasteiger partial charge >= 0.3 is 0 Å². The molecule has 0 saturated carbocycles. The van der Waals surface area contributed by atoms with Gasteiger partial charge in [0.2, 0.25) is 0 Å². The zero-order valence-corrected chi connectivity index (χ0v) is 21.9. The van der Waals surface area contributed by atoms with Crippen molar-refractivity contribution in [3.05, 3.63) is 86.9 Å².